The normalized spacial score (nSPS) is 27.3. The third-order valence-electron chi connectivity index (χ3n) is 4.01. The van der Waals surface area contributed by atoms with Crippen LogP contribution in [0.5, 0.6) is 0 Å². The Morgan fingerprint density at radius 1 is 1.58 bits per heavy atom. The summed E-state index contributed by atoms with van der Waals surface area (Å²) in [5.41, 5.74) is 0.361. The third kappa shape index (κ3) is 3.80. The molecule has 19 heavy (non-hydrogen) atoms. The van der Waals surface area contributed by atoms with E-state index in [1.165, 1.54) is 6.42 Å². The summed E-state index contributed by atoms with van der Waals surface area (Å²) < 4.78 is 0. The highest BCUT2D eigenvalue weighted by atomic mass is 32.1. The average molecular weight is 281 g/mol. The Balaban J connectivity index is 2.06. The van der Waals surface area contributed by atoms with E-state index in [9.17, 15) is 4.79 Å². The van der Waals surface area contributed by atoms with Crippen molar-refractivity contribution in [3.8, 4) is 0 Å². The predicted molar refractivity (Wildman–Crippen MR) is 78.4 cm³/mol. The zero-order valence-electron chi connectivity index (χ0n) is 11.8. The van der Waals surface area contributed by atoms with E-state index < -0.39 is 5.97 Å². The fourth-order valence-corrected chi connectivity index (χ4v) is 4.07. The maximum absolute atomic E-state index is 11.1. The molecule has 3 nitrogen and oxygen atoms in total. The second kappa shape index (κ2) is 5.63. The van der Waals surface area contributed by atoms with Crippen molar-refractivity contribution in [3.63, 3.8) is 0 Å². The van der Waals surface area contributed by atoms with Gasteiger partial charge in [0.25, 0.3) is 0 Å². The van der Waals surface area contributed by atoms with Crippen LogP contribution in [0.2, 0.25) is 0 Å². The molecular formula is C15H23NO2S. The first-order chi connectivity index (χ1) is 8.87. The fraction of sp³-hybridized carbons (Fsp3) is 0.667. The molecule has 4 heteroatoms. The van der Waals surface area contributed by atoms with Crippen molar-refractivity contribution in [1.29, 1.82) is 0 Å². The van der Waals surface area contributed by atoms with Gasteiger partial charge < -0.3 is 10.4 Å². The summed E-state index contributed by atoms with van der Waals surface area (Å²) in [7, 11) is 0. The van der Waals surface area contributed by atoms with Gasteiger partial charge in [0.2, 0.25) is 0 Å². The van der Waals surface area contributed by atoms with Crippen molar-refractivity contribution in [3.05, 3.63) is 22.4 Å². The van der Waals surface area contributed by atoms with Crippen LogP contribution in [0.1, 0.15) is 51.0 Å². The number of rotatable bonds is 5. The number of aliphatic carboxylic acids is 1. The lowest BCUT2D eigenvalue weighted by Gasteiger charge is -2.24. The Kier molecular flexibility index (Phi) is 4.31. The van der Waals surface area contributed by atoms with Crippen LogP contribution in [0.3, 0.4) is 0 Å². The maximum Gasteiger partial charge on any atom is 0.305 e. The van der Waals surface area contributed by atoms with Crippen molar-refractivity contribution in [2.24, 2.45) is 11.3 Å². The van der Waals surface area contributed by atoms with Gasteiger partial charge in [0.1, 0.15) is 0 Å². The number of carbonyl (C=O) groups is 1. The van der Waals surface area contributed by atoms with Crippen LogP contribution in [0.25, 0.3) is 0 Å². The molecule has 0 amide bonds. The van der Waals surface area contributed by atoms with Crippen molar-refractivity contribution in [2.75, 3.05) is 0 Å². The van der Waals surface area contributed by atoms with Gasteiger partial charge in [-0.25, -0.2) is 0 Å². The Hall–Kier alpha value is -0.870. The number of thiophene rings is 1. The second-order valence-electron chi connectivity index (χ2n) is 6.49. The molecule has 2 N–H and O–H groups in total. The zero-order chi connectivity index (χ0) is 14.0. The van der Waals surface area contributed by atoms with Gasteiger partial charge in [0, 0.05) is 10.9 Å². The lowest BCUT2D eigenvalue weighted by atomic mass is 9.91. The number of carboxylic acids is 1. The predicted octanol–water partition coefficient (Wildman–Crippen LogP) is 3.68. The standard InChI is InChI=1S/C15H23NO2S/c1-10-8-15(2,3)9-12(10)16-11(7-14(17)18)13-5-4-6-19-13/h4-6,10-12,16H,7-9H2,1-3H3,(H,17,18). The number of hydrogen-bond donors (Lipinski definition) is 2. The zero-order valence-corrected chi connectivity index (χ0v) is 12.7. The van der Waals surface area contributed by atoms with Crippen molar-refractivity contribution < 1.29 is 9.90 Å². The molecular weight excluding hydrogens is 258 g/mol. The quantitative estimate of drug-likeness (QED) is 0.865. The highest BCUT2D eigenvalue weighted by molar-refractivity contribution is 7.10. The molecule has 1 aromatic heterocycles. The van der Waals surface area contributed by atoms with Crippen LogP contribution < -0.4 is 5.32 Å². The first-order valence-electron chi connectivity index (χ1n) is 6.89. The fourth-order valence-electron chi connectivity index (χ4n) is 3.28. The van der Waals surface area contributed by atoms with Crippen LogP contribution in [0, 0.1) is 11.3 Å². The molecule has 0 saturated heterocycles. The first kappa shape index (κ1) is 14.5. The molecule has 106 valence electrons. The van der Waals surface area contributed by atoms with Crippen LogP contribution in [0.15, 0.2) is 17.5 Å². The van der Waals surface area contributed by atoms with E-state index in [0.29, 0.717) is 17.4 Å². The summed E-state index contributed by atoms with van der Waals surface area (Å²) in [5, 5.41) is 14.7. The van der Waals surface area contributed by atoms with Gasteiger partial charge in [0.05, 0.1) is 12.5 Å². The van der Waals surface area contributed by atoms with Gasteiger partial charge >= 0.3 is 5.97 Å². The first-order valence-corrected chi connectivity index (χ1v) is 7.76. The monoisotopic (exact) mass is 281 g/mol. The molecule has 1 aliphatic rings. The molecule has 3 atom stereocenters. The van der Waals surface area contributed by atoms with Gasteiger partial charge in [0.15, 0.2) is 0 Å². The molecule has 1 saturated carbocycles. The molecule has 1 aromatic rings. The minimum absolute atomic E-state index is 0.0566. The summed E-state index contributed by atoms with van der Waals surface area (Å²) in [4.78, 5) is 12.2. The summed E-state index contributed by atoms with van der Waals surface area (Å²) >= 11 is 1.63. The second-order valence-corrected chi connectivity index (χ2v) is 7.47. The van der Waals surface area contributed by atoms with Crippen LogP contribution in [0.4, 0.5) is 0 Å². The number of hydrogen-bond acceptors (Lipinski definition) is 3. The third-order valence-corrected chi connectivity index (χ3v) is 5.00. The van der Waals surface area contributed by atoms with Gasteiger partial charge in [-0.05, 0) is 35.6 Å². The molecule has 0 aromatic carbocycles. The molecule has 0 bridgehead atoms. The van der Waals surface area contributed by atoms with E-state index in [0.717, 1.165) is 11.3 Å². The SMILES string of the molecule is CC1CC(C)(C)CC1NC(CC(=O)O)c1cccs1. The molecule has 0 radical (unpaired) electrons. The topological polar surface area (TPSA) is 49.3 Å². The molecule has 1 fully saturated rings. The minimum Gasteiger partial charge on any atom is -0.481 e. The van der Waals surface area contributed by atoms with E-state index in [-0.39, 0.29) is 12.5 Å². The summed E-state index contributed by atoms with van der Waals surface area (Å²) in [5.74, 6) is -0.137. The van der Waals surface area contributed by atoms with Crippen LogP contribution in [-0.2, 0) is 4.79 Å². The van der Waals surface area contributed by atoms with Crippen molar-refractivity contribution in [1.82, 2.24) is 5.32 Å². The summed E-state index contributed by atoms with van der Waals surface area (Å²) in [6, 6.07) is 4.37. The van der Waals surface area contributed by atoms with E-state index in [1.54, 1.807) is 11.3 Å². The lowest BCUT2D eigenvalue weighted by Crippen LogP contribution is -2.35. The lowest BCUT2D eigenvalue weighted by molar-refractivity contribution is -0.137. The molecule has 2 rings (SSSR count). The molecule has 1 aliphatic carbocycles. The van der Waals surface area contributed by atoms with E-state index in [1.807, 2.05) is 17.5 Å². The number of nitrogens with one attached hydrogen (secondary N) is 1. The van der Waals surface area contributed by atoms with Gasteiger partial charge in [-0.1, -0.05) is 26.8 Å². The minimum atomic E-state index is -0.740. The largest absolute Gasteiger partial charge is 0.481 e. The summed E-state index contributed by atoms with van der Waals surface area (Å²) in [6.45, 7) is 6.85. The summed E-state index contributed by atoms with van der Waals surface area (Å²) in [6.07, 6.45) is 2.48. The molecule has 3 unspecified atom stereocenters. The van der Waals surface area contributed by atoms with Crippen molar-refractivity contribution in [2.45, 2.75) is 52.1 Å². The van der Waals surface area contributed by atoms with Crippen molar-refractivity contribution >= 4 is 17.3 Å². The van der Waals surface area contributed by atoms with E-state index in [4.69, 9.17) is 5.11 Å². The Bertz CT molecular complexity index is 427. The Morgan fingerprint density at radius 2 is 2.32 bits per heavy atom. The van der Waals surface area contributed by atoms with E-state index in [2.05, 4.69) is 26.1 Å². The average Bonchev–Trinajstić information content (AvgIpc) is 2.85. The molecule has 0 spiro atoms. The van der Waals surface area contributed by atoms with Crippen LogP contribution >= 0.6 is 11.3 Å². The smallest absolute Gasteiger partial charge is 0.305 e. The highest BCUT2D eigenvalue weighted by Crippen LogP contribution is 2.42. The number of carboxylic acid groups (broad SMARTS) is 1. The molecule has 0 aliphatic heterocycles. The Labute approximate surface area is 119 Å². The highest BCUT2D eigenvalue weighted by Gasteiger charge is 2.37. The van der Waals surface area contributed by atoms with Gasteiger partial charge in [-0.3, -0.25) is 4.79 Å². The Morgan fingerprint density at radius 3 is 2.79 bits per heavy atom. The van der Waals surface area contributed by atoms with Crippen LogP contribution in [-0.4, -0.2) is 17.1 Å². The van der Waals surface area contributed by atoms with Gasteiger partial charge in [-0.2, -0.15) is 0 Å². The molecule has 1 heterocycles. The van der Waals surface area contributed by atoms with Gasteiger partial charge in [-0.15, -0.1) is 11.3 Å². The van der Waals surface area contributed by atoms with E-state index >= 15 is 0 Å². The maximum atomic E-state index is 11.1.